The zero-order valence-electron chi connectivity index (χ0n) is 12.7. The molecule has 1 aromatic rings. The fourth-order valence-electron chi connectivity index (χ4n) is 1.05. The molecule has 0 aliphatic carbocycles. The largest absolute Gasteiger partial charge is 0.481 e. The second-order valence-corrected chi connectivity index (χ2v) is 3.68. The maximum absolute atomic E-state index is 11.2. The summed E-state index contributed by atoms with van der Waals surface area (Å²) in [6.07, 6.45) is 3.90. The Morgan fingerprint density at radius 2 is 1.83 bits per heavy atom. The Labute approximate surface area is 146 Å². The van der Waals surface area contributed by atoms with Crippen molar-refractivity contribution in [3.8, 4) is 0 Å². The van der Waals surface area contributed by atoms with E-state index in [4.69, 9.17) is 19.8 Å². The van der Waals surface area contributed by atoms with Crippen LogP contribution in [0.3, 0.4) is 0 Å². The number of carboxylic acid groups (broad SMARTS) is 2. The predicted molar refractivity (Wildman–Crippen MR) is 73.9 cm³/mol. The molecule has 0 saturated heterocycles. The molecule has 0 spiro atoms. The number of esters is 1. The number of imidazole rings is 1. The van der Waals surface area contributed by atoms with Crippen LogP contribution in [-0.4, -0.2) is 57.7 Å². The van der Waals surface area contributed by atoms with E-state index in [9.17, 15) is 9.59 Å². The molecular weight excluding hydrogens is 405 g/mol. The maximum atomic E-state index is 11.2. The minimum Gasteiger partial charge on any atom is -0.481 e. The number of hydrogen-bond acceptors (Lipinski definition) is 6. The Balaban J connectivity index is -0.000000374. The summed E-state index contributed by atoms with van der Waals surface area (Å²) in [7, 11) is 1.27. The third-order valence-electron chi connectivity index (χ3n) is 1.73. The van der Waals surface area contributed by atoms with Crippen LogP contribution in [0.25, 0.3) is 0 Å². The van der Waals surface area contributed by atoms with Gasteiger partial charge in [-0.25, -0.2) is 9.78 Å². The van der Waals surface area contributed by atoms with Crippen molar-refractivity contribution in [1.82, 2.24) is 15.3 Å². The van der Waals surface area contributed by atoms with Gasteiger partial charge in [0.05, 0.1) is 13.4 Å². The molecule has 0 saturated carbocycles. The molecule has 10 nitrogen and oxygen atoms in total. The number of rotatable bonds is 5. The number of amides is 1. The number of methoxy groups -OCH3 is 1. The first-order chi connectivity index (χ1) is 10.2. The van der Waals surface area contributed by atoms with Crippen LogP contribution in [0.15, 0.2) is 12.5 Å². The molecule has 0 aliphatic heterocycles. The Kier molecular flexibility index (Phi) is 18.0. The third-order valence-corrected chi connectivity index (χ3v) is 1.73. The van der Waals surface area contributed by atoms with Gasteiger partial charge in [-0.2, -0.15) is 0 Å². The van der Waals surface area contributed by atoms with Gasteiger partial charge in [-0.15, -0.1) is 0 Å². The van der Waals surface area contributed by atoms with Crippen LogP contribution >= 0.6 is 0 Å². The average Bonchev–Trinajstić information content (AvgIpc) is 2.89. The van der Waals surface area contributed by atoms with E-state index in [-0.39, 0.29) is 20.4 Å². The number of aliphatic carboxylic acids is 2. The molecule has 23 heavy (non-hydrogen) atoms. The van der Waals surface area contributed by atoms with Crippen LogP contribution in [-0.2, 0) is 50.8 Å². The Morgan fingerprint density at radius 1 is 1.35 bits per heavy atom. The SMILES string of the molecule is CC(=O)O.CC(=O)O.COC(=O)[C@H](Cc1cnc[nH]1)NC=O.[Pd]. The molecule has 1 amide bonds. The second kappa shape index (κ2) is 16.1. The van der Waals surface area contributed by atoms with E-state index in [1.54, 1.807) is 6.20 Å². The summed E-state index contributed by atoms with van der Waals surface area (Å²) in [5.41, 5.74) is 0.759. The molecule has 4 N–H and O–H groups in total. The van der Waals surface area contributed by atoms with Crippen molar-refractivity contribution >= 4 is 24.3 Å². The minimum absolute atomic E-state index is 0. The number of H-pyrrole nitrogens is 1. The quantitative estimate of drug-likeness (QED) is 0.278. The smallest absolute Gasteiger partial charge is 0.328 e. The topological polar surface area (TPSA) is 159 Å². The molecule has 1 aromatic heterocycles. The number of aromatic amines is 1. The van der Waals surface area contributed by atoms with Crippen molar-refractivity contribution in [1.29, 1.82) is 0 Å². The van der Waals surface area contributed by atoms with Gasteiger partial charge in [0.25, 0.3) is 11.9 Å². The summed E-state index contributed by atoms with van der Waals surface area (Å²) in [6, 6.07) is -0.669. The van der Waals surface area contributed by atoms with Crippen LogP contribution in [0.2, 0.25) is 0 Å². The van der Waals surface area contributed by atoms with Gasteiger partial charge < -0.3 is 25.3 Å². The van der Waals surface area contributed by atoms with Gasteiger partial charge in [0, 0.05) is 52.6 Å². The van der Waals surface area contributed by atoms with Gasteiger partial charge in [0.1, 0.15) is 6.04 Å². The van der Waals surface area contributed by atoms with Crippen LogP contribution < -0.4 is 5.32 Å². The molecule has 1 atom stereocenters. The molecule has 1 rings (SSSR count). The van der Waals surface area contributed by atoms with Crippen molar-refractivity contribution < 1.29 is 54.6 Å². The molecule has 1 heterocycles. The van der Waals surface area contributed by atoms with Gasteiger partial charge >= 0.3 is 5.97 Å². The number of carbonyl (C=O) groups excluding carboxylic acids is 2. The molecule has 0 radical (unpaired) electrons. The predicted octanol–water partition coefficient (Wildman–Crippen LogP) is -0.581. The number of nitrogens with zero attached hydrogens (tertiary/aromatic N) is 1. The minimum atomic E-state index is -0.833. The zero-order valence-corrected chi connectivity index (χ0v) is 14.3. The standard InChI is InChI=1S/C8H11N3O3.2C2H4O2.Pd/c1-14-8(13)7(11-5-12)2-6-3-9-4-10-6;2*1-2(3)4;/h3-5,7H,2H2,1H3,(H,9,10)(H,11,12);2*1H3,(H,3,4);/t7-;;;/m0.../s1. The second-order valence-electron chi connectivity index (χ2n) is 3.68. The summed E-state index contributed by atoms with van der Waals surface area (Å²) in [5, 5.41) is 17.2. The van der Waals surface area contributed by atoms with E-state index < -0.39 is 23.9 Å². The van der Waals surface area contributed by atoms with E-state index in [0.29, 0.717) is 12.8 Å². The number of carboxylic acids is 2. The summed E-state index contributed by atoms with van der Waals surface area (Å²) >= 11 is 0. The normalized spacial score (nSPS) is 9.35. The van der Waals surface area contributed by atoms with Crippen molar-refractivity contribution in [2.75, 3.05) is 7.11 Å². The summed E-state index contributed by atoms with van der Waals surface area (Å²) < 4.78 is 4.52. The van der Waals surface area contributed by atoms with Crippen molar-refractivity contribution in [2.24, 2.45) is 0 Å². The fourth-order valence-corrected chi connectivity index (χ4v) is 1.05. The van der Waals surface area contributed by atoms with Gasteiger partial charge in [-0.05, 0) is 0 Å². The number of aromatic nitrogens is 2. The average molecular weight is 424 g/mol. The monoisotopic (exact) mass is 423 g/mol. The summed E-state index contributed by atoms with van der Waals surface area (Å²) in [5.74, 6) is -2.15. The fraction of sp³-hybridized carbons (Fsp3) is 0.417. The van der Waals surface area contributed by atoms with E-state index >= 15 is 0 Å². The Hall–Kier alpha value is -2.25. The number of nitrogens with one attached hydrogen (secondary N) is 2. The van der Waals surface area contributed by atoms with E-state index in [1.807, 2.05) is 0 Å². The molecule has 0 aromatic carbocycles. The first kappa shape index (κ1) is 25.7. The van der Waals surface area contributed by atoms with Crippen LogP contribution in [0.1, 0.15) is 19.5 Å². The number of hydrogen-bond donors (Lipinski definition) is 4. The first-order valence-electron chi connectivity index (χ1n) is 5.88. The molecule has 134 valence electrons. The van der Waals surface area contributed by atoms with E-state index in [0.717, 1.165) is 19.5 Å². The molecular formula is C12H19N3O7Pd. The molecule has 0 bridgehead atoms. The van der Waals surface area contributed by atoms with Crippen molar-refractivity contribution in [3.05, 3.63) is 18.2 Å². The zero-order chi connectivity index (χ0) is 17.5. The van der Waals surface area contributed by atoms with E-state index in [2.05, 4.69) is 20.0 Å². The van der Waals surface area contributed by atoms with Gasteiger partial charge in [0.2, 0.25) is 6.41 Å². The van der Waals surface area contributed by atoms with Crippen LogP contribution in [0.5, 0.6) is 0 Å². The number of ether oxygens (including phenoxy) is 1. The van der Waals surface area contributed by atoms with Crippen molar-refractivity contribution in [2.45, 2.75) is 26.3 Å². The van der Waals surface area contributed by atoms with Crippen LogP contribution in [0.4, 0.5) is 0 Å². The van der Waals surface area contributed by atoms with Gasteiger partial charge in [0.15, 0.2) is 0 Å². The van der Waals surface area contributed by atoms with E-state index in [1.165, 1.54) is 13.4 Å². The summed E-state index contributed by atoms with van der Waals surface area (Å²) in [4.78, 5) is 46.0. The van der Waals surface area contributed by atoms with Crippen molar-refractivity contribution in [3.63, 3.8) is 0 Å². The van der Waals surface area contributed by atoms with Gasteiger partial charge in [-0.3, -0.25) is 14.4 Å². The van der Waals surface area contributed by atoms with Gasteiger partial charge in [-0.1, -0.05) is 0 Å². The summed E-state index contributed by atoms with van der Waals surface area (Å²) in [6.45, 7) is 2.17. The molecule has 11 heteroatoms. The molecule has 0 aliphatic rings. The third kappa shape index (κ3) is 19.8. The number of carbonyl (C=O) groups is 4. The Morgan fingerprint density at radius 3 is 2.13 bits per heavy atom. The maximum Gasteiger partial charge on any atom is 0.328 e. The van der Waals surface area contributed by atoms with Crippen LogP contribution in [0, 0.1) is 0 Å². The molecule has 0 unspecified atom stereocenters. The molecule has 0 fully saturated rings. The first-order valence-corrected chi connectivity index (χ1v) is 5.88. The Bertz CT molecular complexity index is 445.